The van der Waals surface area contributed by atoms with E-state index in [4.69, 9.17) is 14.6 Å². The fourth-order valence-electron chi connectivity index (χ4n) is 2.05. The third-order valence-corrected chi connectivity index (χ3v) is 3.22. The third-order valence-electron chi connectivity index (χ3n) is 3.22. The Bertz CT molecular complexity index is 594. The van der Waals surface area contributed by atoms with Crippen LogP contribution in [0.1, 0.15) is 19.4 Å². The molecule has 1 heterocycles. The molecule has 6 heteroatoms. The summed E-state index contributed by atoms with van der Waals surface area (Å²) in [7, 11) is 0. The number of nitrogens with one attached hydrogen (secondary N) is 1. The molecule has 1 unspecified atom stereocenters. The van der Waals surface area contributed by atoms with Crippen LogP contribution in [-0.4, -0.2) is 36.2 Å². The van der Waals surface area contributed by atoms with Crippen LogP contribution in [0.4, 0.5) is 0 Å². The van der Waals surface area contributed by atoms with Crippen molar-refractivity contribution in [3.05, 3.63) is 29.8 Å². The molecule has 0 aromatic heterocycles. The van der Waals surface area contributed by atoms with Crippen LogP contribution in [0.2, 0.25) is 0 Å². The number of carboxylic acids is 1. The van der Waals surface area contributed by atoms with E-state index in [0.29, 0.717) is 24.7 Å². The van der Waals surface area contributed by atoms with E-state index >= 15 is 0 Å². The molecular formula is C16H19NO5. The Morgan fingerprint density at radius 1 is 1.23 bits per heavy atom. The minimum atomic E-state index is -1.05. The largest absolute Gasteiger partial charge is 0.486 e. The van der Waals surface area contributed by atoms with Gasteiger partial charge in [0.05, 0.1) is 0 Å². The number of benzene rings is 1. The quantitative estimate of drug-likeness (QED) is 0.809. The molecule has 0 spiro atoms. The highest BCUT2D eigenvalue weighted by Gasteiger charge is 2.22. The predicted octanol–water partition coefficient (Wildman–Crippen LogP) is 1.70. The summed E-state index contributed by atoms with van der Waals surface area (Å²) in [6, 6.07) is 4.45. The molecule has 0 bridgehead atoms. The summed E-state index contributed by atoms with van der Waals surface area (Å²) in [4.78, 5) is 22.8. The molecule has 1 aliphatic heterocycles. The second kappa shape index (κ2) is 6.98. The number of aliphatic carboxylic acids is 1. The highest BCUT2D eigenvalue weighted by Crippen LogP contribution is 2.31. The van der Waals surface area contributed by atoms with Crippen LogP contribution in [0.15, 0.2) is 24.3 Å². The highest BCUT2D eigenvalue weighted by molar-refractivity contribution is 5.94. The maximum absolute atomic E-state index is 11.8. The van der Waals surface area contributed by atoms with Crippen LogP contribution in [-0.2, 0) is 9.59 Å². The van der Waals surface area contributed by atoms with Gasteiger partial charge in [-0.05, 0) is 29.7 Å². The molecule has 22 heavy (non-hydrogen) atoms. The molecule has 1 aliphatic rings. The number of fused-ring (bicyclic) bond motifs is 1. The molecule has 1 amide bonds. The van der Waals surface area contributed by atoms with Gasteiger partial charge < -0.3 is 19.9 Å². The Hall–Kier alpha value is -2.50. The molecule has 0 aliphatic carbocycles. The fourth-order valence-corrected chi connectivity index (χ4v) is 2.05. The molecule has 1 aromatic carbocycles. The highest BCUT2D eigenvalue weighted by atomic mass is 16.6. The van der Waals surface area contributed by atoms with Crippen molar-refractivity contribution < 1.29 is 24.2 Å². The van der Waals surface area contributed by atoms with Crippen molar-refractivity contribution in [1.29, 1.82) is 0 Å². The van der Waals surface area contributed by atoms with E-state index < -0.39 is 17.9 Å². The van der Waals surface area contributed by atoms with Gasteiger partial charge in [-0.2, -0.15) is 0 Å². The van der Waals surface area contributed by atoms with Gasteiger partial charge in [-0.25, -0.2) is 4.79 Å². The van der Waals surface area contributed by atoms with Crippen LogP contribution < -0.4 is 14.8 Å². The molecule has 118 valence electrons. The van der Waals surface area contributed by atoms with Gasteiger partial charge in [0.2, 0.25) is 5.91 Å². The third kappa shape index (κ3) is 4.00. The number of rotatable bonds is 5. The molecule has 2 N–H and O–H groups in total. The summed E-state index contributed by atoms with van der Waals surface area (Å²) in [6.07, 6.45) is 2.91. The van der Waals surface area contributed by atoms with E-state index in [2.05, 4.69) is 5.32 Å². The van der Waals surface area contributed by atoms with Crippen molar-refractivity contribution in [1.82, 2.24) is 5.32 Å². The SMILES string of the molecule is CC(C)C(NC(=O)/C=C\c1ccc2c(c1)OCCO2)C(=O)O. The van der Waals surface area contributed by atoms with Crippen LogP contribution in [0, 0.1) is 5.92 Å². The zero-order valence-corrected chi connectivity index (χ0v) is 12.5. The van der Waals surface area contributed by atoms with Gasteiger partial charge in [-0.3, -0.25) is 4.79 Å². The summed E-state index contributed by atoms with van der Waals surface area (Å²) in [5, 5.41) is 11.5. The zero-order valence-electron chi connectivity index (χ0n) is 12.5. The number of carboxylic acid groups (broad SMARTS) is 1. The first kappa shape index (κ1) is 15.9. The van der Waals surface area contributed by atoms with Gasteiger partial charge in [0, 0.05) is 6.08 Å². The van der Waals surface area contributed by atoms with Gasteiger partial charge >= 0.3 is 5.97 Å². The number of carbonyl (C=O) groups is 2. The zero-order chi connectivity index (χ0) is 16.1. The first-order valence-electron chi connectivity index (χ1n) is 7.08. The summed E-state index contributed by atoms with van der Waals surface area (Å²) in [5.41, 5.74) is 0.774. The van der Waals surface area contributed by atoms with E-state index in [1.165, 1.54) is 6.08 Å². The first-order chi connectivity index (χ1) is 10.5. The van der Waals surface area contributed by atoms with E-state index in [9.17, 15) is 9.59 Å². The number of ether oxygens (including phenoxy) is 2. The fraction of sp³-hybridized carbons (Fsp3) is 0.375. The van der Waals surface area contributed by atoms with Crippen LogP contribution in [0.5, 0.6) is 11.5 Å². The Kier molecular flexibility index (Phi) is 5.04. The van der Waals surface area contributed by atoms with Gasteiger partial charge in [-0.15, -0.1) is 0 Å². The molecule has 0 saturated heterocycles. The lowest BCUT2D eigenvalue weighted by Gasteiger charge is -2.18. The van der Waals surface area contributed by atoms with Crippen molar-refractivity contribution in [2.45, 2.75) is 19.9 Å². The minimum Gasteiger partial charge on any atom is -0.486 e. The lowest BCUT2D eigenvalue weighted by molar-refractivity contribution is -0.142. The topological polar surface area (TPSA) is 84.9 Å². The number of carbonyl (C=O) groups excluding carboxylic acids is 1. The molecule has 1 aromatic rings. The van der Waals surface area contributed by atoms with Gasteiger partial charge in [0.1, 0.15) is 19.3 Å². The minimum absolute atomic E-state index is 0.191. The predicted molar refractivity (Wildman–Crippen MR) is 80.9 cm³/mol. The molecule has 2 rings (SSSR count). The Morgan fingerprint density at radius 2 is 1.91 bits per heavy atom. The standard InChI is InChI=1S/C16H19NO5/c1-10(2)15(16(19)20)17-14(18)6-4-11-3-5-12-13(9-11)22-8-7-21-12/h3-6,9-10,15H,7-8H2,1-2H3,(H,17,18)(H,19,20)/b6-4-. The van der Waals surface area contributed by atoms with Crippen molar-refractivity contribution >= 4 is 18.0 Å². The number of amides is 1. The molecule has 6 nitrogen and oxygen atoms in total. The van der Waals surface area contributed by atoms with Gasteiger partial charge in [0.25, 0.3) is 0 Å². The van der Waals surface area contributed by atoms with Crippen LogP contribution in [0.25, 0.3) is 6.08 Å². The van der Waals surface area contributed by atoms with Crippen LogP contribution >= 0.6 is 0 Å². The summed E-state index contributed by atoms with van der Waals surface area (Å²) in [5.74, 6) is -0.366. The Morgan fingerprint density at radius 3 is 2.55 bits per heavy atom. The maximum atomic E-state index is 11.8. The van der Waals surface area contributed by atoms with E-state index in [-0.39, 0.29) is 5.92 Å². The number of hydrogen-bond acceptors (Lipinski definition) is 4. The molecule has 0 fully saturated rings. The Balaban J connectivity index is 2.02. The average Bonchev–Trinajstić information content (AvgIpc) is 2.49. The first-order valence-corrected chi connectivity index (χ1v) is 7.08. The molecule has 0 radical (unpaired) electrons. The summed E-state index contributed by atoms with van der Waals surface area (Å²) in [6.45, 7) is 4.50. The van der Waals surface area contributed by atoms with Gasteiger partial charge in [0.15, 0.2) is 11.5 Å². The van der Waals surface area contributed by atoms with E-state index in [1.54, 1.807) is 38.1 Å². The summed E-state index contributed by atoms with van der Waals surface area (Å²) >= 11 is 0. The normalized spacial score (nSPS) is 14.9. The molecule has 0 saturated carbocycles. The number of hydrogen-bond donors (Lipinski definition) is 2. The van der Waals surface area contributed by atoms with Crippen molar-refractivity contribution in [2.75, 3.05) is 13.2 Å². The monoisotopic (exact) mass is 305 g/mol. The van der Waals surface area contributed by atoms with Crippen molar-refractivity contribution in [2.24, 2.45) is 5.92 Å². The summed E-state index contributed by atoms with van der Waals surface area (Å²) < 4.78 is 10.9. The smallest absolute Gasteiger partial charge is 0.326 e. The lowest BCUT2D eigenvalue weighted by atomic mass is 10.0. The second-order valence-corrected chi connectivity index (χ2v) is 5.30. The lowest BCUT2D eigenvalue weighted by Crippen LogP contribution is -2.43. The molecule has 1 atom stereocenters. The van der Waals surface area contributed by atoms with E-state index in [1.807, 2.05) is 0 Å². The second-order valence-electron chi connectivity index (χ2n) is 5.30. The molecular weight excluding hydrogens is 286 g/mol. The van der Waals surface area contributed by atoms with E-state index in [0.717, 1.165) is 5.56 Å². The van der Waals surface area contributed by atoms with Crippen LogP contribution in [0.3, 0.4) is 0 Å². The van der Waals surface area contributed by atoms with Crippen molar-refractivity contribution in [3.8, 4) is 11.5 Å². The Labute approximate surface area is 128 Å². The average molecular weight is 305 g/mol. The van der Waals surface area contributed by atoms with Gasteiger partial charge in [-0.1, -0.05) is 19.9 Å². The van der Waals surface area contributed by atoms with Crippen molar-refractivity contribution in [3.63, 3.8) is 0 Å². The maximum Gasteiger partial charge on any atom is 0.326 e.